The van der Waals surface area contributed by atoms with Crippen LogP contribution in [0.4, 0.5) is 5.69 Å². The van der Waals surface area contributed by atoms with Crippen LogP contribution in [0.1, 0.15) is 22.3 Å². The molecule has 9 heteroatoms. The van der Waals surface area contributed by atoms with Gasteiger partial charge in [0.15, 0.2) is 17.2 Å². The van der Waals surface area contributed by atoms with Gasteiger partial charge in [-0.2, -0.15) is 0 Å². The Bertz CT molecular complexity index is 1350. The minimum atomic E-state index is -0.627. The summed E-state index contributed by atoms with van der Waals surface area (Å²) in [6.07, 6.45) is 1.57. The third-order valence-corrected chi connectivity index (χ3v) is 5.73. The highest BCUT2D eigenvalue weighted by atomic mass is 127. The molecule has 172 valence electrons. The summed E-state index contributed by atoms with van der Waals surface area (Å²) in [7, 11) is 1.54. The molecule has 0 fully saturated rings. The van der Waals surface area contributed by atoms with Crippen molar-refractivity contribution >= 4 is 46.2 Å². The lowest BCUT2D eigenvalue weighted by molar-refractivity contribution is -0.385. The van der Waals surface area contributed by atoms with Crippen molar-refractivity contribution in [3.63, 3.8) is 0 Å². The molecule has 4 rings (SSSR count). The summed E-state index contributed by atoms with van der Waals surface area (Å²) in [5.41, 5.74) is 2.57. The van der Waals surface area contributed by atoms with E-state index in [0.29, 0.717) is 34.8 Å². The van der Waals surface area contributed by atoms with E-state index in [1.54, 1.807) is 44.4 Å². The standard InChI is InChI=1S/C25H19IN2O6/c1-15-11-18(9-10-21(15)28(30)31)24-27-20(25(29)34-24)13-17-6-4-8-22(32-2)23(17)33-14-16-5-3-7-19(26)12-16/h3-13H,14H2,1-2H3/b20-13-. The second-order valence-electron chi connectivity index (χ2n) is 7.39. The van der Waals surface area contributed by atoms with E-state index < -0.39 is 10.9 Å². The Morgan fingerprint density at radius 2 is 1.94 bits per heavy atom. The Balaban J connectivity index is 1.65. The van der Waals surface area contributed by atoms with Gasteiger partial charge >= 0.3 is 5.97 Å². The Morgan fingerprint density at radius 3 is 2.65 bits per heavy atom. The average Bonchev–Trinajstić information content (AvgIpc) is 3.18. The number of esters is 1. The Labute approximate surface area is 209 Å². The van der Waals surface area contributed by atoms with Gasteiger partial charge in [-0.15, -0.1) is 0 Å². The van der Waals surface area contributed by atoms with Crippen LogP contribution in [0.5, 0.6) is 11.5 Å². The summed E-state index contributed by atoms with van der Waals surface area (Å²) >= 11 is 2.24. The minimum Gasteiger partial charge on any atom is -0.493 e. The fourth-order valence-corrected chi connectivity index (χ4v) is 4.02. The molecule has 0 aromatic heterocycles. The fourth-order valence-electron chi connectivity index (χ4n) is 3.42. The highest BCUT2D eigenvalue weighted by molar-refractivity contribution is 14.1. The number of nitro benzene ring substituents is 1. The highest BCUT2D eigenvalue weighted by Gasteiger charge is 2.26. The van der Waals surface area contributed by atoms with Gasteiger partial charge < -0.3 is 14.2 Å². The molecule has 34 heavy (non-hydrogen) atoms. The van der Waals surface area contributed by atoms with Crippen LogP contribution in [0.25, 0.3) is 6.08 Å². The van der Waals surface area contributed by atoms with Crippen LogP contribution in [0, 0.1) is 20.6 Å². The van der Waals surface area contributed by atoms with E-state index in [0.717, 1.165) is 9.13 Å². The number of nitrogens with zero attached hydrogens (tertiary/aromatic N) is 2. The topological polar surface area (TPSA) is 100 Å². The quantitative estimate of drug-likeness (QED) is 0.123. The number of hydrogen-bond acceptors (Lipinski definition) is 7. The number of nitro groups is 1. The van der Waals surface area contributed by atoms with E-state index in [1.807, 2.05) is 24.3 Å². The van der Waals surface area contributed by atoms with Gasteiger partial charge in [0.05, 0.1) is 12.0 Å². The summed E-state index contributed by atoms with van der Waals surface area (Å²) in [5.74, 6) is 0.441. The van der Waals surface area contributed by atoms with E-state index >= 15 is 0 Å². The Kier molecular flexibility index (Phi) is 6.92. The fraction of sp³-hybridized carbons (Fsp3) is 0.120. The zero-order valence-corrected chi connectivity index (χ0v) is 20.4. The van der Waals surface area contributed by atoms with Gasteiger partial charge in [-0.1, -0.05) is 24.3 Å². The molecule has 1 aliphatic rings. The van der Waals surface area contributed by atoms with Gasteiger partial charge in [0, 0.05) is 26.3 Å². The summed E-state index contributed by atoms with van der Waals surface area (Å²) in [5, 5.41) is 11.1. The van der Waals surface area contributed by atoms with Crippen molar-refractivity contribution in [3.8, 4) is 11.5 Å². The van der Waals surface area contributed by atoms with Crippen LogP contribution >= 0.6 is 22.6 Å². The largest absolute Gasteiger partial charge is 0.493 e. The van der Waals surface area contributed by atoms with Crippen molar-refractivity contribution in [1.82, 2.24) is 0 Å². The van der Waals surface area contributed by atoms with Crippen LogP contribution in [0.3, 0.4) is 0 Å². The lowest BCUT2D eigenvalue weighted by Crippen LogP contribution is -2.06. The SMILES string of the molecule is COc1cccc(/C=C2\N=C(c3ccc([N+](=O)[O-])c(C)c3)OC2=O)c1OCc1cccc(I)c1. The molecule has 0 saturated carbocycles. The van der Waals surface area contributed by atoms with Crippen LogP contribution < -0.4 is 9.47 Å². The van der Waals surface area contributed by atoms with Crippen LogP contribution in [0.15, 0.2) is 71.4 Å². The Hall–Kier alpha value is -3.73. The average molecular weight is 570 g/mol. The minimum absolute atomic E-state index is 0.0179. The van der Waals surface area contributed by atoms with Crippen LogP contribution in [-0.4, -0.2) is 23.9 Å². The van der Waals surface area contributed by atoms with E-state index in [2.05, 4.69) is 27.6 Å². The molecule has 3 aromatic carbocycles. The van der Waals surface area contributed by atoms with Gasteiger partial charge in [-0.25, -0.2) is 9.79 Å². The number of carbonyl (C=O) groups excluding carboxylic acids is 1. The molecule has 0 amide bonds. The first-order valence-corrected chi connectivity index (χ1v) is 11.3. The second kappa shape index (κ2) is 10.0. The number of rotatable bonds is 7. The first-order valence-electron chi connectivity index (χ1n) is 10.2. The van der Waals surface area contributed by atoms with Gasteiger partial charge in [0.1, 0.15) is 6.61 Å². The molecule has 1 heterocycles. The first-order chi connectivity index (χ1) is 16.4. The lowest BCUT2D eigenvalue weighted by Gasteiger charge is -2.13. The van der Waals surface area contributed by atoms with E-state index in [4.69, 9.17) is 14.2 Å². The second-order valence-corrected chi connectivity index (χ2v) is 8.64. The number of carbonyl (C=O) groups is 1. The molecule has 0 saturated heterocycles. The van der Waals surface area contributed by atoms with E-state index in [-0.39, 0.29) is 17.3 Å². The van der Waals surface area contributed by atoms with Crippen molar-refractivity contribution in [3.05, 3.63) is 102 Å². The van der Waals surface area contributed by atoms with Crippen molar-refractivity contribution in [2.45, 2.75) is 13.5 Å². The molecule has 1 aliphatic heterocycles. The monoisotopic (exact) mass is 570 g/mol. The molecule has 0 spiro atoms. The number of halogens is 1. The summed E-state index contributed by atoms with van der Waals surface area (Å²) in [4.78, 5) is 27.4. The summed E-state index contributed by atoms with van der Waals surface area (Å²) in [6.45, 7) is 1.93. The highest BCUT2D eigenvalue weighted by Crippen LogP contribution is 2.34. The third kappa shape index (κ3) is 5.09. The van der Waals surface area contributed by atoms with Crippen molar-refractivity contribution < 1.29 is 23.9 Å². The number of ether oxygens (including phenoxy) is 3. The van der Waals surface area contributed by atoms with Gasteiger partial charge in [0.25, 0.3) is 5.69 Å². The summed E-state index contributed by atoms with van der Waals surface area (Å²) < 4.78 is 18.0. The number of para-hydroxylation sites is 1. The van der Waals surface area contributed by atoms with Crippen molar-refractivity contribution in [2.24, 2.45) is 4.99 Å². The number of hydrogen-bond donors (Lipinski definition) is 0. The lowest BCUT2D eigenvalue weighted by atomic mass is 10.1. The zero-order chi connectivity index (χ0) is 24.2. The normalized spacial score (nSPS) is 14.0. The van der Waals surface area contributed by atoms with Gasteiger partial charge in [-0.05, 0) is 71.5 Å². The molecule has 0 radical (unpaired) electrons. The molecule has 0 atom stereocenters. The molecular formula is C25H19IN2O6. The maximum Gasteiger partial charge on any atom is 0.363 e. The summed E-state index contributed by atoms with van der Waals surface area (Å²) in [6, 6.07) is 17.7. The maximum absolute atomic E-state index is 12.5. The molecular weight excluding hydrogens is 551 g/mol. The molecule has 3 aromatic rings. The first kappa shape index (κ1) is 23.4. The predicted octanol–water partition coefficient (Wildman–Crippen LogP) is 5.44. The third-order valence-electron chi connectivity index (χ3n) is 5.05. The number of cyclic esters (lactones) is 1. The number of aryl methyl sites for hydroxylation is 1. The van der Waals surface area contributed by atoms with Gasteiger partial charge in [0.2, 0.25) is 5.90 Å². The van der Waals surface area contributed by atoms with E-state index in [1.165, 1.54) is 12.1 Å². The van der Waals surface area contributed by atoms with Gasteiger partial charge in [-0.3, -0.25) is 10.1 Å². The number of benzene rings is 3. The zero-order valence-electron chi connectivity index (χ0n) is 18.3. The smallest absolute Gasteiger partial charge is 0.363 e. The maximum atomic E-state index is 12.5. The molecule has 0 unspecified atom stereocenters. The Morgan fingerprint density at radius 1 is 1.15 bits per heavy atom. The van der Waals surface area contributed by atoms with Crippen molar-refractivity contribution in [2.75, 3.05) is 7.11 Å². The molecule has 0 N–H and O–H groups in total. The molecule has 0 bridgehead atoms. The molecule has 0 aliphatic carbocycles. The predicted molar refractivity (Wildman–Crippen MR) is 135 cm³/mol. The van der Waals surface area contributed by atoms with E-state index in [9.17, 15) is 14.9 Å². The van der Waals surface area contributed by atoms with Crippen LogP contribution in [0.2, 0.25) is 0 Å². The van der Waals surface area contributed by atoms with Crippen molar-refractivity contribution in [1.29, 1.82) is 0 Å². The van der Waals surface area contributed by atoms with Crippen LogP contribution in [-0.2, 0) is 16.1 Å². The molecule has 8 nitrogen and oxygen atoms in total. The number of methoxy groups -OCH3 is 1. The number of aliphatic imine (C=N–C) groups is 1.